The number of amides is 3. The molecule has 14 heteroatoms. The summed E-state index contributed by atoms with van der Waals surface area (Å²) >= 11 is 0. The van der Waals surface area contributed by atoms with Crippen LogP contribution in [0.1, 0.15) is 85.8 Å². The third kappa shape index (κ3) is 10.3. The van der Waals surface area contributed by atoms with Crippen molar-refractivity contribution in [3.63, 3.8) is 0 Å². The van der Waals surface area contributed by atoms with Crippen LogP contribution in [0.4, 0.5) is 19.1 Å². The summed E-state index contributed by atoms with van der Waals surface area (Å²) in [6.07, 6.45) is 7.83. The Bertz CT molecular complexity index is 2070. The van der Waals surface area contributed by atoms with E-state index in [2.05, 4.69) is 50.1 Å². The number of rotatable bonds is 12. The molecule has 3 aromatic rings. The van der Waals surface area contributed by atoms with E-state index in [4.69, 9.17) is 4.98 Å². The summed E-state index contributed by atoms with van der Waals surface area (Å²) in [7, 11) is 0. The molecule has 0 bridgehead atoms. The molecule has 59 heavy (non-hydrogen) atoms. The van der Waals surface area contributed by atoms with E-state index in [1.807, 2.05) is 29.7 Å². The lowest BCUT2D eigenvalue weighted by Gasteiger charge is -2.39. The van der Waals surface area contributed by atoms with E-state index in [0.717, 1.165) is 131 Å². The summed E-state index contributed by atoms with van der Waals surface area (Å²) in [6.45, 7) is 13.9. The summed E-state index contributed by atoms with van der Waals surface area (Å²) in [4.78, 5) is 49.4. The van der Waals surface area contributed by atoms with Crippen LogP contribution in [0.15, 0.2) is 78.5 Å². The third-order valence-electron chi connectivity index (χ3n) is 12.7. The smallest absolute Gasteiger partial charge is 0.396 e. The van der Waals surface area contributed by atoms with Crippen molar-refractivity contribution >= 4 is 34.7 Å². The monoisotopic (exact) mass is 815 g/mol. The standard InChI is InChI=1S/C45H56F3N7O4/c1-3-36(11-7-30(2)38-14-16-41(57)50-43(38)59)54-19-17-31(18-20-54)27-52-21-23-53(24-22-52)28-33-10-15-40-39(25-33)49-44(55(40)37-12-8-32(29-56)9-13-37)51-42(58)34-5-4-6-35(26-34)45(46,47)48/h3-7,10-11,15,25-26,31-32,37-38,56H,2,8-9,12-14,16-24,27-29H2,1H3,(H,49,51,58)(H,50,57,59)/b11-7-,36-3+/t32?,37?,38-/m0/s1. The molecule has 0 radical (unpaired) electrons. The molecule has 7 rings (SSSR count). The molecule has 11 nitrogen and oxygen atoms in total. The Morgan fingerprint density at radius 3 is 2.34 bits per heavy atom. The van der Waals surface area contributed by atoms with Crippen LogP contribution in [-0.2, 0) is 22.3 Å². The van der Waals surface area contributed by atoms with Crippen LogP contribution in [0.3, 0.4) is 0 Å². The zero-order valence-electron chi connectivity index (χ0n) is 33.9. The molecule has 1 atom stereocenters. The number of hydrogen-bond donors (Lipinski definition) is 3. The van der Waals surface area contributed by atoms with Gasteiger partial charge in [0.15, 0.2) is 0 Å². The van der Waals surface area contributed by atoms with Gasteiger partial charge in [-0.15, -0.1) is 0 Å². The minimum atomic E-state index is -4.56. The number of benzene rings is 2. The van der Waals surface area contributed by atoms with Crippen LogP contribution in [0, 0.1) is 17.8 Å². The van der Waals surface area contributed by atoms with Gasteiger partial charge in [0.05, 0.1) is 22.5 Å². The zero-order valence-corrected chi connectivity index (χ0v) is 33.9. The van der Waals surface area contributed by atoms with Crippen molar-refractivity contribution in [2.24, 2.45) is 17.8 Å². The van der Waals surface area contributed by atoms with Crippen molar-refractivity contribution < 1.29 is 32.7 Å². The maximum atomic E-state index is 13.4. The number of anilines is 1. The van der Waals surface area contributed by atoms with Crippen molar-refractivity contribution in [1.82, 2.24) is 29.6 Å². The zero-order chi connectivity index (χ0) is 41.7. The number of aromatic nitrogens is 2. The van der Waals surface area contributed by atoms with Crippen LogP contribution in [-0.4, -0.2) is 99.5 Å². The summed E-state index contributed by atoms with van der Waals surface area (Å²) in [6, 6.07) is 10.7. The fourth-order valence-electron chi connectivity index (χ4n) is 9.16. The van der Waals surface area contributed by atoms with Gasteiger partial charge in [-0.25, -0.2) is 4.98 Å². The minimum Gasteiger partial charge on any atom is -0.396 e. The first-order chi connectivity index (χ1) is 28.4. The number of allylic oxidation sites excluding steroid dienone is 3. The number of piperidine rings is 2. The molecule has 0 spiro atoms. The Kier molecular flexibility index (Phi) is 13.4. The van der Waals surface area contributed by atoms with E-state index in [1.54, 1.807) is 0 Å². The van der Waals surface area contributed by atoms with Gasteiger partial charge >= 0.3 is 6.18 Å². The van der Waals surface area contributed by atoms with Crippen LogP contribution in [0.2, 0.25) is 0 Å². The van der Waals surface area contributed by atoms with Crippen LogP contribution in [0.25, 0.3) is 11.0 Å². The predicted octanol–water partition coefficient (Wildman–Crippen LogP) is 6.93. The Hall–Kier alpha value is -4.79. The minimum absolute atomic E-state index is 0.0325. The molecule has 0 unspecified atom stereocenters. The molecule has 4 heterocycles. The first kappa shape index (κ1) is 42.3. The van der Waals surface area contributed by atoms with Gasteiger partial charge in [0.2, 0.25) is 17.8 Å². The number of likely N-dealkylation sites (tertiary alicyclic amines) is 1. The van der Waals surface area contributed by atoms with Crippen molar-refractivity contribution in [2.45, 2.75) is 77.1 Å². The normalized spacial score (nSPS) is 23.2. The highest BCUT2D eigenvalue weighted by atomic mass is 19.4. The van der Waals surface area contributed by atoms with Gasteiger partial charge in [-0.05, 0) is 111 Å². The maximum Gasteiger partial charge on any atom is 0.416 e. The highest BCUT2D eigenvalue weighted by Gasteiger charge is 2.32. The molecule has 3 amide bonds. The van der Waals surface area contributed by atoms with Crippen molar-refractivity contribution in [3.8, 4) is 0 Å². The highest BCUT2D eigenvalue weighted by molar-refractivity contribution is 6.04. The fourth-order valence-corrected chi connectivity index (χ4v) is 9.16. The van der Waals surface area contributed by atoms with Gasteiger partial charge in [0, 0.05) is 82.7 Å². The summed E-state index contributed by atoms with van der Waals surface area (Å²) in [5.74, 6) is -0.325. The van der Waals surface area contributed by atoms with E-state index in [0.29, 0.717) is 24.7 Å². The average molecular weight is 816 g/mol. The number of piperazine rings is 1. The number of aliphatic hydroxyl groups is 1. The van der Waals surface area contributed by atoms with E-state index < -0.39 is 17.6 Å². The molecule has 3 N–H and O–H groups in total. The second-order valence-electron chi connectivity index (χ2n) is 16.7. The lowest BCUT2D eigenvalue weighted by Crippen LogP contribution is -2.48. The van der Waals surface area contributed by atoms with E-state index in [9.17, 15) is 32.7 Å². The largest absolute Gasteiger partial charge is 0.416 e. The Labute approximate surface area is 344 Å². The van der Waals surface area contributed by atoms with E-state index in [1.165, 1.54) is 12.1 Å². The number of carbonyl (C=O) groups excluding carboxylic acids is 3. The first-order valence-electron chi connectivity index (χ1n) is 21.0. The number of imide groups is 1. The number of halogens is 3. The van der Waals surface area contributed by atoms with Gasteiger partial charge in [-0.1, -0.05) is 30.9 Å². The average Bonchev–Trinajstić information content (AvgIpc) is 3.58. The number of carbonyl (C=O) groups is 3. The molecule has 4 fully saturated rings. The van der Waals surface area contributed by atoms with Gasteiger partial charge in [-0.3, -0.25) is 29.9 Å². The quantitative estimate of drug-likeness (QED) is 0.133. The van der Waals surface area contributed by atoms with Crippen LogP contribution in [0.5, 0.6) is 0 Å². The SMILES string of the molecule is C=C(/C=C\C(=C/C)N1CCC(CN2CCN(Cc3ccc4c(c3)nc(NC(=O)c3cccc(C(F)(F)F)c3)n4C3CCC(CO)CC3)CC2)CC1)[C@@H]1CCC(=O)NC1=O. The second kappa shape index (κ2) is 18.6. The number of fused-ring (bicyclic) bond motifs is 1. The molecule has 3 aliphatic heterocycles. The first-order valence-corrected chi connectivity index (χ1v) is 21.0. The lowest BCUT2D eigenvalue weighted by molar-refractivity contribution is -0.138. The fraction of sp³-hybridized carbons (Fsp3) is 0.511. The van der Waals surface area contributed by atoms with Gasteiger partial charge in [-0.2, -0.15) is 13.2 Å². The highest BCUT2D eigenvalue weighted by Crippen LogP contribution is 2.37. The van der Waals surface area contributed by atoms with Crippen LogP contribution >= 0.6 is 0 Å². The van der Waals surface area contributed by atoms with Crippen molar-refractivity contribution in [1.29, 1.82) is 0 Å². The van der Waals surface area contributed by atoms with Gasteiger partial charge < -0.3 is 19.5 Å². The molecule has 1 saturated carbocycles. The van der Waals surface area contributed by atoms with Gasteiger partial charge in [0.25, 0.3) is 5.91 Å². The number of imidazole rings is 1. The Morgan fingerprint density at radius 1 is 0.932 bits per heavy atom. The number of aliphatic hydroxyl groups excluding tert-OH is 1. The predicted molar refractivity (Wildman–Crippen MR) is 221 cm³/mol. The molecule has 3 saturated heterocycles. The molecule has 1 aromatic heterocycles. The van der Waals surface area contributed by atoms with Crippen molar-refractivity contribution in [2.75, 3.05) is 57.7 Å². The number of nitrogens with one attached hydrogen (secondary N) is 2. The Balaban J connectivity index is 0.927. The summed E-state index contributed by atoms with van der Waals surface area (Å²) in [5.41, 5.74) is 3.58. The summed E-state index contributed by atoms with van der Waals surface area (Å²) < 4.78 is 42.3. The Morgan fingerprint density at radius 2 is 1.66 bits per heavy atom. The third-order valence-corrected chi connectivity index (χ3v) is 12.7. The van der Waals surface area contributed by atoms with Crippen LogP contribution < -0.4 is 10.6 Å². The van der Waals surface area contributed by atoms with E-state index >= 15 is 0 Å². The number of hydrogen-bond acceptors (Lipinski definition) is 8. The molecule has 2 aromatic carbocycles. The molecular formula is C45H56F3N7O4. The van der Waals surface area contributed by atoms with Gasteiger partial charge in [0.1, 0.15) is 0 Å². The molecule has 4 aliphatic rings. The second-order valence-corrected chi connectivity index (χ2v) is 16.7. The topological polar surface area (TPSA) is 123 Å². The van der Waals surface area contributed by atoms with Crippen molar-refractivity contribution in [3.05, 3.63) is 95.2 Å². The molecular weight excluding hydrogens is 760 g/mol. The number of alkyl halides is 3. The number of nitrogens with zero attached hydrogens (tertiary/aromatic N) is 5. The summed E-state index contributed by atoms with van der Waals surface area (Å²) in [5, 5.41) is 15.0. The maximum absolute atomic E-state index is 13.4. The van der Waals surface area contributed by atoms with E-state index in [-0.39, 0.29) is 41.9 Å². The molecule has 1 aliphatic carbocycles. The molecule has 316 valence electrons. The lowest BCUT2D eigenvalue weighted by atomic mass is 9.86.